The lowest BCUT2D eigenvalue weighted by Crippen LogP contribution is -2.15. The zero-order valence-corrected chi connectivity index (χ0v) is 18.5. The fourth-order valence-electron chi connectivity index (χ4n) is 4.45. The topological polar surface area (TPSA) is 0 Å². The quantitative estimate of drug-likeness (QED) is 0.226. The van der Waals surface area contributed by atoms with Gasteiger partial charge in [-0.05, 0) is 25.2 Å². The van der Waals surface area contributed by atoms with Crippen molar-refractivity contribution < 1.29 is 0 Å². The van der Waals surface area contributed by atoms with Crippen LogP contribution in [0.4, 0.5) is 0 Å². The molecule has 0 bridgehead atoms. The van der Waals surface area contributed by atoms with Gasteiger partial charge in [0.05, 0.1) is 0 Å². The van der Waals surface area contributed by atoms with Crippen molar-refractivity contribution in [3.8, 4) is 0 Å². The van der Waals surface area contributed by atoms with E-state index in [0.717, 1.165) is 0 Å². The number of allylic oxidation sites excluding steroid dienone is 4. The molecule has 0 aromatic carbocycles. The molecule has 1 rings (SSSR count). The first-order valence-electron chi connectivity index (χ1n) is 12.0. The molecule has 0 amide bonds. The molecular weight excluding hydrogens is 312 g/mol. The van der Waals surface area contributed by atoms with Gasteiger partial charge in [0.2, 0.25) is 0 Å². The molecule has 0 aliphatic heterocycles. The molecule has 0 radical (unpaired) electrons. The van der Waals surface area contributed by atoms with E-state index in [9.17, 15) is 0 Å². The third-order valence-corrected chi connectivity index (χ3v) is 6.16. The average Bonchev–Trinajstić information content (AvgIpc) is 2.61. The second-order valence-corrected chi connectivity index (χ2v) is 9.26. The molecule has 0 N–H and O–H groups in total. The molecule has 26 heavy (non-hydrogen) atoms. The largest absolute Gasteiger partial charge is 0.0783 e. The molecule has 1 aliphatic carbocycles. The number of hydrogen-bond acceptors (Lipinski definition) is 0. The molecule has 0 heteroatoms. The van der Waals surface area contributed by atoms with Gasteiger partial charge < -0.3 is 0 Å². The zero-order valence-electron chi connectivity index (χ0n) is 18.5. The Morgan fingerprint density at radius 2 is 1.12 bits per heavy atom. The molecule has 152 valence electrons. The Labute approximate surface area is 165 Å². The molecule has 0 nitrogen and oxygen atoms in total. The minimum Gasteiger partial charge on any atom is -0.0783 e. The van der Waals surface area contributed by atoms with Crippen molar-refractivity contribution >= 4 is 0 Å². The second-order valence-electron chi connectivity index (χ2n) is 9.26. The molecule has 0 fully saturated rings. The predicted molar refractivity (Wildman–Crippen MR) is 120 cm³/mol. The first kappa shape index (κ1) is 23.5. The zero-order chi connectivity index (χ0) is 18.9. The van der Waals surface area contributed by atoms with Crippen LogP contribution in [0.5, 0.6) is 0 Å². The van der Waals surface area contributed by atoms with E-state index in [1.165, 1.54) is 116 Å². The Morgan fingerprint density at radius 3 is 1.54 bits per heavy atom. The summed E-state index contributed by atoms with van der Waals surface area (Å²) in [6.45, 7) is 7.01. The first-order valence-corrected chi connectivity index (χ1v) is 12.0. The Bertz CT molecular complexity index is 375. The van der Waals surface area contributed by atoms with E-state index in [-0.39, 0.29) is 0 Å². The van der Waals surface area contributed by atoms with E-state index in [1.807, 2.05) is 0 Å². The smallest absolute Gasteiger partial charge is 0.0106 e. The summed E-state index contributed by atoms with van der Waals surface area (Å²) in [5.41, 5.74) is 1.99. The summed E-state index contributed by atoms with van der Waals surface area (Å²) in [5.74, 6) is 0. The maximum absolute atomic E-state index is 2.44. The Morgan fingerprint density at radius 1 is 0.692 bits per heavy atom. The van der Waals surface area contributed by atoms with Crippen molar-refractivity contribution in [2.75, 3.05) is 0 Å². The Hall–Kier alpha value is -0.520. The molecule has 0 saturated heterocycles. The van der Waals surface area contributed by atoms with Crippen LogP contribution in [0.25, 0.3) is 0 Å². The van der Waals surface area contributed by atoms with E-state index in [1.54, 1.807) is 5.57 Å². The van der Waals surface area contributed by atoms with Crippen molar-refractivity contribution in [1.29, 1.82) is 0 Å². The van der Waals surface area contributed by atoms with E-state index in [4.69, 9.17) is 0 Å². The molecule has 1 aliphatic rings. The summed E-state index contributed by atoms with van der Waals surface area (Å²) in [6.07, 6.45) is 32.9. The van der Waals surface area contributed by atoms with Crippen LogP contribution in [0.1, 0.15) is 136 Å². The third kappa shape index (κ3) is 12.8. The summed E-state index contributed by atoms with van der Waals surface area (Å²) in [7, 11) is 0. The summed E-state index contributed by atoms with van der Waals surface area (Å²) >= 11 is 0. The van der Waals surface area contributed by atoms with Crippen LogP contribution in [-0.4, -0.2) is 0 Å². The average molecular weight is 361 g/mol. The number of rotatable bonds is 17. The Balaban J connectivity index is 1.77. The third-order valence-electron chi connectivity index (χ3n) is 6.16. The van der Waals surface area contributed by atoms with Gasteiger partial charge >= 0.3 is 0 Å². The molecule has 0 aromatic heterocycles. The highest BCUT2D eigenvalue weighted by Gasteiger charge is 2.22. The molecular formula is C26H48. The summed E-state index contributed by atoms with van der Waals surface area (Å²) in [5, 5.41) is 0. The minimum atomic E-state index is 0.439. The SMILES string of the molecule is CCCCCCCCCCCCCCCCCCC1(C)C=CC=C(C)C1. The van der Waals surface area contributed by atoms with Crippen LogP contribution < -0.4 is 0 Å². The summed E-state index contributed by atoms with van der Waals surface area (Å²) in [6, 6.07) is 0. The van der Waals surface area contributed by atoms with Crippen LogP contribution in [0.2, 0.25) is 0 Å². The highest BCUT2D eigenvalue weighted by Crippen LogP contribution is 2.36. The minimum absolute atomic E-state index is 0.439. The normalized spacial score (nSPS) is 19.7. The molecule has 0 spiro atoms. The number of hydrogen-bond donors (Lipinski definition) is 0. The first-order chi connectivity index (χ1) is 12.7. The van der Waals surface area contributed by atoms with Crippen molar-refractivity contribution in [2.24, 2.45) is 5.41 Å². The van der Waals surface area contributed by atoms with Gasteiger partial charge in [0.1, 0.15) is 0 Å². The van der Waals surface area contributed by atoms with Gasteiger partial charge in [-0.25, -0.2) is 0 Å². The maximum atomic E-state index is 2.44. The van der Waals surface area contributed by atoms with Crippen LogP contribution >= 0.6 is 0 Å². The highest BCUT2D eigenvalue weighted by molar-refractivity contribution is 5.21. The van der Waals surface area contributed by atoms with Crippen LogP contribution in [0.15, 0.2) is 23.8 Å². The lowest BCUT2D eigenvalue weighted by molar-refractivity contribution is 0.362. The molecule has 0 saturated carbocycles. The van der Waals surface area contributed by atoms with Gasteiger partial charge in [0.15, 0.2) is 0 Å². The second kappa shape index (κ2) is 15.5. The Kier molecular flexibility index (Phi) is 14.0. The van der Waals surface area contributed by atoms with Gasteiger partial charge in [0.25, 0.3) is 0 Å². The van der Waals surface area contributed by atoms with E-state index in [0.29, 0.717) is 5.41 Å². The molecule has 0 aromatic rings. The number of unbranched alkanes of at least 4 members (excludes halogenated alkanes) is 15. The lowest BCUT2D eigenvalue weighted by atomic mass is 9.76. The monoisotopic (exact) mass is 360 g/mol. The molecule has 0 heterocycles. The molecule has 1 unspecified atom stereocenters. The van der Waals surface area contributed by atoms with Gasteiger partial charge in [-0.15, -0.1) is 0 Å². The van der Waals surface area contributed by atoms with E-state index < -0.39 is 0 Å². The summed E-state index contributed by atoms with van der Waals surface area (Å²) < 4.78 is 0. The fourth-order valence-corrected chi connectivity index (χ4v) is 4.45. The van der Waals surface area contributed by atoms with E-state index >= 15 is 0 Å². The lowest BCUT2D eigenvalue weighted by Gasteiger charge is -2.28. The van der Waals surface area contributed by atoms with Crippen molar-refractivity contribution in [2.45, 2.75) is 136 Å². The van der Waals surface area contributed by atoms with Gasteiger partial charge in [-0.3, -0.25) is 0 Å². The van der Waals surface area contributed by atoms with E-state index in [2.05, 4.69) is 39.0 Å². The predicted octanol–water partition coefficient (Wildman–Crippen LogP) is 9.55. The van der Waals surface area contributed by atoms with Crippen LogP contribution in [0, 0.1) is 5.41 Å². The van der Waals surface area contributed by atoms with Crippen molar-refractivity contribution in [3.63, 3.8) is 0 Å². The van der Waals surface area contributed by atoms with Crippen LogP contribution in [-0.2, 0) is 0 Å². The van der Waals surface area contributed by atoms with Gasteiger partial charge in [0, 0.05) is 0 Å². The maximum Gasteiger partial charge on any atom is -0.0106 e. The summed E-state index contributed by atoms with van der Waals surface area (Å²) in [4.78, 5) is 0. The van der Waals surface area contributed by atoms with Crippen molar-refractivity contribution in [1.82, 2.24) is 0 Å². The van der Waals surface area contributed by atoms with Crippen molar-refractivity contribution in [3.05, 3.63) is 23.8 Å². The highest BCUT2D eigenvalue weighted by atomic mass is 14.3. The molecule has 1 atom stereocenters. The van der Waals surface area contributed by atoms with Gasteiger partial charge in [-0.2, -0.15) is 0 Å². The van der Waals surface area contributed by atoms with Crippen LogP contribution in [0.3, 0.4) is 0 Å². The fraction of sp³-hybridized carbons (Fsp3) is 0.846. The van der Waals surface area contributed by atoms with Gasteiger partial charge in [-0.1, -0.05) is 140 Å². The standard InChI is InChI=1S/C26H48/c1-4-5-6-7-8-9-10-11-12-13-14-15-16-17-18-19-22-26(3)23-20-21-25(2)24-26/h20-21,23H,4-19,22,24H2,1-3H3.